The zero-order chi connectivity index (χ0) is 24.1. The van der Waals surface area contributed by atoms with E-state index in [-0.39, 0.29) is 36.9 Å². The van der Waals surface area contributed by atoms with Gasteiger partial charge in [-0.25, -0.2) is 0 Å². The average molecular weight is 506 g/mol. The second-order valence-corrected chi connectivity index (χ2v) is 9.15. The Morgan fingerprint density at radius 1 is 1.12 bits per heavy atom. The van der Waals surface area contributed by atoms with Crippen LogP contribution < -0.4 is 20.3 Å². The maximum atomic E-state index is 12.5. The molecule has 2 N–H and O–H groups in total. The number of amides is 3. The number of anilines is 2. The Kier molecular flexibility index (Phi) is 7.92. The first kappa shape index (κ1) is 24.3. The number of carbonyl (C=O) groups is 3. The van der Waals surface area contributed by atoms with Gasteiger partial charge in [-0.05, 0) is 55.3 Å². The lowest BCUT2D eigenvalue weighted by Crippen LogP contribution is -2.37. The minimum atomic E-state index is -0.395. The van der Waals surface area contributed by atoms with Crippen molar-refractivity contribution in [1.29, 1.82) is 0 Å². The predicted octanol–water partition coefficient (Wildman–Crippen LogP) is 3.66. The highest BCUT2D eigenvalue weighted by molar-refractivity contribution is 6.35. The fraction of sp³-hybridized carbons (Fsp3) is 0.375. The van der Waals surface area contributed by atoms with E-state index >= 15 is 0 Å². The van der Waals surface area contributed by atoms with Gasteiger partial charge in [0.25, 0.3) is 5.91 Å². The molecule has 0 radical (unpaired) electrons. The van der Waals surface area contributed by atoms with E-state index in [0.717, 1.165) is 19.4 Å². The van der Waals surface area contributed by atoms with Gasteiger partial charge in [-0.3, -0.25) is 14.4 Å². The Bertz CT molecular complexity index is 1040. The van der Waals surface area contributed by atoms with Crippen molar-refractivity contribution in [2.45, 2.75) is 25.4 Å². The van der Waals surface area contributed by atoms with E-state index in [1.54, 1.807) is 47.4 Å². The quantitative estimate of drug-likeness (QED) is 0.570. The van der Waals surface area contributed by atoms with E-state index in [9.17, 15) is 14.4 Å². The first-order valence-corrected chi connectivity index (χ1v) is 11.8. The second-order valence-electron chi connectivity index (χ2n) is 8.27. The molecule has 0 unspecified atom stereocenters. The molecular weight excluding hydrogens is 481 g/mol. The molecule has 0 spiro atoms. The molecule has 2 aromatic rings. The summed E-state index contributed by atoms with van der Waals surface area (Å²) in [5, 5.41) is 6.40. The van der Waals surface area contributed by atoms with E-state index in [4.69, 9.17) is 32.7 Å². The van der Waals surface area contributed by atoms with Gasteiger partial charge in [0.1, 0.15) is 5.75 Å². The summed E-state index contributed by atoms with van der Waals surface area (Å²) in [6, 6.07) is 11.6. The van der Waals surface area contributed by atoms with Crippen LogP contribution in [0.25, 0.3) is 0 Å². The summed E-state index contributed by atoms with van der Waals surface area (Å²) in [6.07, 6.45) is 2.19. The van der Waals surface area contributed by atoms with Crippen molar-refractivity contribution < 1.29 is 23.9 Å². The van der Waals surface area contributed by atoms with Crippen LogP contribution in [0, 0.1) is 5.92 Å². The van der Waals surface area contributed by atoms with Crippen LogP contribution >= 0.6 is 23.2 Å². The number of halogens is 2. The number of benzene rings is 2. The average Bonchev–Trinajstić information content (AvgIpc) is 3.45. The molecule has 0 aliphatic carbocycles. The zero-order valence-electron chi connectivity index (χ0n) is 18.4. The lowest BCUT2D eigenvalue weighted by molar-refractivity contribution is -0.126. The van der Waals surface area contributed by atoms with Gasteiger partial charge in [0.2, 0.25) is 11.8 Å². The highest BCUT2D eigenvalue weighted by Crippen LogP contribution is 2.27. The molecule has 10 heteroatoms. The van der Waals surface area contributed by atoms with Crippen LogP contribution in [-0.4, -0.2) is 50.1 Å². The largest absolute Gasteiger partial charge is 0.484 e. The van der Waals surface area contributed by atoms with Crippen LogP contribution in [0.15, 0.2) is 42.5 Å². The third-order valence-corrected chi connectivity index (χ3v) is 6.12. The van der Waals surface area contributed by atoms with Crippen molar-refractivity contribution in [3.05, 3.63) is 52.5 Å². The fourth-order valence-corrected chi connectivity index (χ4v) is 4.52. The number of ether oxygens (including phenoxy) is 2. The molecule has 2 fully saturated rings. The van der Waals surface area contributed by atoms with Gasteiger partial charge in [-0.15, -0.1) is 0 Å². The van der Waals surface area contributed by atoms with Crippen LogP contribution in [0.3, 0.4) is 0 Å². The minimum Gasteiger partial charge on any atom is -0.484 e. The Labute approximate surface area is 207 Å². The monoisotopic (exact) mass is 505 g/mol. The van der Waals surface area contributed by atoms with Crippen molar-refractivity contribution in [2.24, 2.45) is 5.92 Å². The third kappa shape index (κ3) is 6.40. The molecule has 0 aromatic heterocycles. The lowest BCUT2D eigenvalue weighted by Gasteiger charge is -2.18. The summed E-state index contributed by atoms with van der Waals surface area (Å²) >= 11 is 11.9. The molecule has 2 aliphatic heterocycles. The van der Waals surface area contributed by atoms with Crippen LogP contribution in [0.4, 0.5) is 11.4 Å². The van der Waals surface area contributed by atoms with Gasteiger partial charge < -0.3 is 25.0 Å². The molecule has 2 heterocycles. The van der Waals surface area contributed by atoms with E-state index < -0.39 is 5.92 Å². The number of rotatable bonds is 8. The number of hydrogen-bond donors (Lipinski definition) is 2. The van der Waals surface area contributed by atoms with Gasteiger partial charge in [0, 0.05) is 47.5 Å². The van der Waals surface area contributed by atoms with Crippen molar-refractivity contribution in [3.8, 4) is 5.75 Å². The first-order chi connectivity index (χ1) is 16.4. The summed E-state index contributed by atoms with van der Waals surface area (Å²) in [5.41, 5.74) is 1.15. The topological polar surface area (TPSA) is 97.0 Å². The molecule has 2 aliphatic rings. The fourth-order valence-electron chi connectivity index (χ4n) is 3.99. The minimum absolute atomic E-state index is 0.0649. The number of hydrogen-bond acceptors (Lipinski definition) is 5. The standard InChI is InChI=1S/C24H25Cl2N3O5/c25-16-9-17(26)11-18(10-16)28-22(30)14-34-20-5-3-19(4-6-20)29-13-15(8-23(29)31)24(32)27-12-21-2-1-7-33-21/h3-6,9-11,15,21H,1-2,7-8,12-14H2,(H,27,32)(H,28,30)/t15-,21+/m1/s1. The molecule has 34 heavy (non-hydrogen) atoms. The Balaban J connectivity index is 1.26. The molecule has 3 amide bonds. The van der Waals surface area contributed by atoms with Gasteiger partial charge in [-0.1, -0.05) is 23.2 Å². The molecule has 180 valence electrons. The van der Waals surface area contributed by atoms with Crippen molar-refractivity contribution in [3.63, 3.8) is 0 Å². The predicted molar refractivity (Wildman–Crippen MR) is 129 cm³/mol. The van der Waals surface area contributed by atoms with Crippen molar-refractivity contribution >= 4 is 52.3 Å². The summed E-state index contributed by atoms with van der Waals surface area (Å²) < 4.78 is 11.1. The Hall–Kier alpha value is -2.81. The maximum Gasteiger partial charge on any atom is 0.262 e. The Morgan fingerprint density at radius 3 is 2.53 bits per heavy atom. The molecule has 2 atom stereocenters. The highest BCUT2D eigenvalue weighted by Gasteiger charge is 2.35. The van der Waals surface area contributed by atoms with Crippen LogP contribution in [0.5, 0.6) is 5.75 Å². The van der Waals surface area contributed by atoms with E-state index in [1.807, 2.05) is 0 Å². The van der Waals surface area contributed by atoms with Crippen LogP contribution in [-0.2, 0) is 19.1 Å². The van der Waals surface area contributed by atoms with Crippen molar-refractivity contribution in [1.82, 2.24) is 5.32 Å². The van der Waals surface area contributed by atoms with E-state index in [2.05, 4.69) is 10.6 Å². The van der Waals surface area contributed by atoms with Crippen molar-refractivity contribution in [2.75, 3.05) is 36.5 Å². The SMILES string of the molecule is O=C(COc1ccc(N2C[C@H](C(=O)NC[C@@H]3CCCO3)CC2=O)cc1)Nc1cc(Cl)cc(Cl)c1. The number of nitrogens with one attached hydrogen (secondary N) is 2. The highest BCUT2D eigenvalue weighted by atomic mass is 35.5. The molecule has 0 saturated carbocycles. The molecule has 2 aromatic carbocycles. The summed E-state index contributed by atoms with van der Waals surface area (Å²) in [4.78, 5) is 38.7. The molecule has 2 saturated heterocycles. The summed E-state index contributed by atoms with van der Waals surface area (Å²) in [6.45, 7) is 1.32. The molecular formula is C24H25Cl2N3O5. The van der Waals surface area contributed by atoms with E-state index in [0.29, 0.717) is 40.3 Å². The first-order valence-electron chi connectivity index (χ1n) is 11.1. The summed E-state index contributed by atoms with van der Waals surface area (Å²) in [7, 11) is 0. The van der Waals surface area contributed by atoms with Crippen LogP contribution in [0.1, 0.15) is 19.3 Å². The normalized spacial score (nSPS) is 19.8. The summed E-state index contributed by atoms with van der Waals surface area (Å²) in [5.74, 6) is -0.521. The number of nitrogens with zero attached hydrogens (tertiary/aromatic N) is 1. The van der Waals surface area contributed by atoms with Gasteiger partial charge >= 0.3 is 0 Å². The maximum absolute atomic E-state index is 12.5. The number of carbonyl (C=O) groups excluding carboxylic acids is 3. The van der Waals surface area contributed by atoms with Crippen LogP contribution in [0.2, 0.25) is 10.0 Å². The Morgan fingerprint density at radius 2 is 1.85 bits per heavy atom. The molecule has 4 rings (SSSR count). The van der Waals surface area contributed by atoms with Gasteiger partial charge in [-0.2, -0.15) is 0 Å². The van der Waals surface area contributed by atoms with Gasteiger partial charge in [0.05, 0.1) is 12.0 Å². The van der Waals surface area contributed by atoms with E-state index in [1.165, 1.54) is 0 Å². The zero-order valence-corrected chi connectivity index (χ0v) is 19.9. The second kappa shape index (κ2) is 11.1. The molecule has 0 bridgehead atoms. The van der Waals surface area contributed by atoms with Gasteiger partial charge in [0.15, 0.2) is 6.61 Å². The smallest absolute Gasteiger partial charge is 0.262 e. The third-order valence-electron chi connectivity index (χ3n) is 5.69. The lowest BCUT2D eigenvalue weighted by atomic mass is 10.1. The molecule has 8 nitrogen and oxygen atoms in total.